The van der Waals surface area contributed by atoms with Crippen molar-refractivity contribution in [1.82, 2.24) is 0 Å². The van der Waals surface area contributed by atoms with Gasteiger partial charge in [0.05, 0.1) is 0 Å². The van der Waals surface area contributed by atoms with Gasteiger partial charge in [-0.25, -0.2) is 0 Å². The number of hydrogen-bond donors (Lipinski definition) is 1. The maximum atomic E-state index is 10.5. The number of rotatable bonds is 7. The highest BCUT2D eigenvalue weighted by Gasteiger charge is 2.06. The van der Waals surface area contributed by atoms with Gasteiger partial charge in [-0.1, -0.05) is 31.4 Å². The van der Waals surface area contributed by atoms with E-state index in [1.54, 1.807) is 0 Å². The minimum Gasteiger partial charge on any atom is -0.481 e. The minimum absolute atomic E-state index is 0.149. The van der Waals surface area contributed by atoms with Crippen molar-refractivity contribution in [2.75, 3.05) is 6.61 Å². The van der Waals surface area contributed by atoms with Crippen LogP contribution < -0.4 is 4.74 Å². The van der Waals surface area contributed by atoms with Gasteiger partial charge >= 0.3 is 5.97 Å². The van der Waals surface area contributed by atoms with Gasteiger partial charge in [0.1, 0.15) is 12.4 Å². The number of aryl methyl sites for hydroxylation is 2. The van der Waals surface area contributed by atoms with E-state index in [9.17, 15) is 4.79 Å². The Morgan fingerprint density at radius 3 is 2.83 bits per heavy atom. The Morgan fingerprint density at radius 1 is 1.44 bits per heavy atom. The number of carboxylic acids is 1. The fourth-order valence-electron chi connectivity index (χ4n) is 1.76. The summed E-state index contributed by atoms with van der Waals surface area (Å²) in [6, 6.07) is 5.78. The molecule has 0 aliphatic carbocycles. The molecule has 0 aromatic heterocycles. The molecule has 18 heavy (non-hydrogen) atoms. The fraction of sp³-hybridized carbons (Fsp3) is 0.400. The lowest BCUT2D eigenvalue weighted by Gasteiger charge is -2.11. The van der Waals surface area contributed by atoms with E-state index >= 15 is 0 Å². The van der Waals surface area contributed by atoms with Crippen molar-refractivity contribution in [2.24, 2.45) is 0 Å². The summed E-state index contributed by atoms with van der Waals surface area (Å²) >= 11 is 0. The highest BCUT2D eigenvalue weighted by atomic mass is 16.5. The number of carboxylic acid groups (broad SMARTS) is 1. The van der Waals surface area contributed by atoms with E-state index in [0.717, 1.165) is 29.7 Å². The second kappa shape index (κ2) is 7.39. The SMILES string of the molecule is C#CCOc1ccc(CCC(=O)O)cc1CCC. The molecule has 0 unspecified atom stereocenters. The summed E-state index contributed by atoms with van der Waals surface area (Å²) in [6.07, 6.45) is 7.78. The molecule has 1 aromatic carbocycles. The van der Waals surface area contributed by atoms with Gasteiger partial charge in [-0.15, -0.1) is 6.42 Å². The first kappa shape index (κ1) is 14.1. The Kier molecular flexibility index (Phi) is 5.79. The van der Waals surface area contributed by atoms with Crippen LogP contribution >= 0.6 is 0 Å². The van der Waals surface area contributed by atoms with Gasteiger partial charge < -0.3 is 9.84 Å². The Bertz CT molecular complexity index is 444. The normalized spacial score (nSPS) is 9.78. The zero-order chi connectivity index (χ0) is 13.4. The van der Waals surface area contributed by atoms with Crippen LogP contribution in [-0.4, -0.2) is 17.7 Å². The minimum atomic E-state index is -0.778. The average molecular weight is 246 g/mol. The molecule has 0 fully saturated rings. The van der Waals surface area contributed by atoms with Crippen molar-refractivity contribution in [1.29, 1.82) is 0 Å². The van der Waals surface area contributed by atoms with Gasteiger partial charge in [0.2, 0.25) is 0 Å². The number of terminal acetylenes is 1. The van der Waals surface area contributed by atoms with Crippen LogP contribution in [0.2, 0.25) is 0 Å². The standard InChI is InChI=1S/C15H18O3/c1-3-5-13-11-12(7-9-15(16)17)6-8-14(13)18-10-4-2/h2,6,8,11H,3,5,7,9-10H2,1H3,(H,16,17). The second-order valence-corrected chi connectivity index (χ2v) is 4.08. The van der Waals surface area contributed by atoms with Gasteiger partial charge in [0.15, 0.2) is 0 Å². The third-order valence-electron chi connectivity index (χ3n) is 2.58. The molecule has 0 aliphatic rings. The molecule has 3 nitrogen and oxygen atoms in total. The number of ether oxygens (including phenoxy) is 1. The smallest absolute Gasteiger partial charge is 0.303 e. The molecule has 96 valence electrons. The topological polar surface area (TPSA) is 46.5 Å². The summed E-state index contributed by atoms with van der Waals surface area (Å²) in [6.45, 7) is 2.35. The summed E-state index contributed by atoms with van der Waals surface area (Å²) in [4.78, 5) is 10.5. The zero-order valence-corrected chi connectivity index (χ0v) is 10.6. The fourth-order valence-corrected chi connectivity index (χ4v) is 1.76. The number of hydrogen-bond acceptors (Lipinski definition) is 2. The largest absolute Gasteiger partial charge is 0.481 e. The molecule has 0 spiro atoms. The summed E-state index contributed by atoms with van der Waals surface area (Å²) in [7, 11) is 0. The molecule has 1 N–H and O–H groups in total. The van der Waals surface area contributed by atoms with Crippen molar-refractivity contribution in [3.63, 3.8) is 0 Å². The van der Waals surface area contributed by atoms with Crippen molar-refractivity contribution in [3.8, 4) is 18.1 Å². The molecule has 0 saturated heterocycles. The van der Waals surface area contributed by atoms with Crippen LogP contribution in [0.4, 0.5) is 0 Å². The predicted molar refractivity (Wildman–Crippen MR) is 70.7 cm³/mol. The molecule has 0 bridgehead atoms. The first-order valence-electron chi connectivity index (χ1n) is 6.07. The summed E-state index contributed by atoms with van der Waals surface area (Å²) < 4.78 is 5.47. The predicted octanol–water partition coefficient (Wildman–Crippen LogP) is 2.67. The summed E-state index contributed by atoms with van der Waals surface area (Å²) in [5.74, 6) is 2.46. The lowest BCUT2D eigenvalue weighted by atomic mass is 10.0. The Balaban J connectivity index is 2.81. The monoisotopic (exact) mass is 246 g/mol. The van der Waals surface area contributed by atoms with Crippen LogP contribution in [0.25, 0.3) is 0 Å². The molecule has 0 amide bonds. The Hall–Kier alpha value is -1.95. The third-order valence-corrected chi connectivity index (χ3v) is 2.58. The molecule has 1 aromatic rings. The van der Waals surface area contributed by atoms with Crippen molar-refractivity contribution in [3.05, 3.63) is 29.3 Å². The highest BCUT2D eigenvalue weighted by Crippen LogP contribution is 2.22. The molecule has 0 atom stereocenters. The van der Waals surface area contributed by atoms with Crippen LogP contribution in [-0.2, 0) is 17.6 Å². The Morgan fingerprint density at radius 2 is 2.22 bits per heavy atom. The quantitative estimate of drug-likeness (QED) is 0.752. The zero-order valence-electron chi connectivity index (χ0n) is 10.6. The number of aliphatic carboxylic acids is 1. The first-order valence-corrected chi connectivity index (χ1v) is 6.07. The third kappa shape index (κ3) is 4.50. The van der Waals surface area contributed by atoms with Crippen LogP contribution in [0.1, 0.15) is 30.9 Å². The van der Waals surface area contributed by atoms with E-state index in [0.29, 0.717) is 6.42 Å². The van der Waals surface area contributed by atoms with Crippen LogP contribution in [0.3, 0.4) is 0 Å². The van der Waals surface area contributed by atoms with E-state index in [-0.39, 0.29) is 13.0 Å². The van der Waals surface area contributed by atoms with Crippen LogP contribution in [0.5, 0.6) is 5.75 Å². The van der Waals surface area contributed by atoms with Gasteiger partial charge in [-0.3, -0.25) is 4.79 Å². The van der Waals surface area contributed by atoms with Crippen molar-refractivity contribution >= 4 is 5.97 Å². The number of benzene rings is 1. The van der Waals surface area contributed by atoms with E-state index < -0.39 is 5.97 Å². The summed E-state index contributed by atoms with van der Waals surface area (Å²) in [5.41, 5.74) is 2.12. The first-order chi connectivity index (χ1) is 8.67. The van der Waals surface area contributed by atoms with Crippen molar-refractivity contribution in [2.45, 2.75) is 32.6 Å². The van der Waals surface area contributed by atoms with Crippen molar-refractivity contribution < 1.29 is 14.6 Å². The molecular weight excluding hydrogens is 228 g/mol. The van der Waals surface area contributed by atoms with Gasteiger partial charge in [0.25, 0.3) is 0 Å². The maximum Gasteiger partial charge on any atom is 0.303 e. The van der Waals surface area contributed by atoms with Crippen LogP contribution in [0, 0.1) is 12.3 Å². The molecule has 0 saturated carbocycles. The molecule has 0 aliphatic heterocycles. The average Bonchev–Trinajstić information content (AvgIpc) is 2.35. The lowest BCUT2D eigenvalue weighted by Crippen LogP contribution is -2.01. The second-order valence-electron chi connectivity index (χ2n) is 4.08. The van der Waals surface area contributed by atoms with E-state index in [1.807, 2.05) is 18.2 Å². The van der Waals surface area contributed by atoms with Gasteiger partial charge in [-0.05, 0) is 30.0 Å². The van der Waals surface area contributed by atoms with Gasteiger partial charge in [-0.2, -0.15) is 0 Å². The summed E-state index contributed by atoms with van der Waals surface area (Å²) in [5, 5.41) is 8.67. The molecule has 0 heterocycles. The van der Waals surface area contributed by atoms with E-state index in [4.69, 9.17) is 16.3 Å². The molecule has 1 rings (SSSR count). The van der Waals surface area contributed by atoms with Crippen LogP contribution in [0.15, 0.2) is 18.2 Å². The number of carbonyl (C=O) groups is 1. The lowest BCUT2D eigenvalue weighted by molar-refractivity contribution is -0.136. The Labute approximate surface area is 108 Å². The van der Waals surface area contributed by atoms with Gasteiger partial charge in [0, 0.05) is 6.42 Å². The van der Waals surface area contributed by atoms with E-state index in [1.165, 1.54) is 0 Å². The maximum absolute atomic E-state index is 10.5. The highest BCUT2D eigenvalue weighted by molar-refractivity contribution is 5.67. The molecular formula is C15H18O3. The molecule has 3 heteroatoms. The molecule has 0 radical (unpaired) electrons. The van der Waals surface area contributed by atoms with E-state index in [2.05, 4.69) is 12.8 Å².